The van der Waals surface area contributed by atoms with Gasteiger partial charge in [-0.2, -0.15) is 0 Å². The average Bonchev–Trinajstić information content (AvgIpc) is 3.06. The van der Waals surface area contributed by atoms with Crippen molar-refractivity contribution in [1.82, 2.24) is 5.32 Å². The molecule has 0 fully saturated rings. The van der Waals surface area contributed by atoms with Crippen molar-refractivity contribution in [2.24, 2.45) is 5.92 Å². The normalized spacial score (nSPS) is 14.7. The second kappa shape index (κ2) is 9.31. The monoisotopic (exact) mass is 351 g/mol. The molecule has 0 radical (unpaired) electrons. The summed E-state index contributed by atoms with van der Waals surface area (Å²) in [7, 11) is 2.01. The molecule has 1 aliphatic carbocycles. The molecule has 23 heavy (non-hydrogen) atoms. The number of hydrogen-bond donors (Lipinski definition) is 1. The van der Waals surface area contributed by atoms with Crippen molar-refractivity contribution in [3.63, 3.8) is 0 Å². The zero-order chi connectivity index (χ0) is 15.2. The summed E-state index contributed by atoms with van der Waals surface area (Å²) in [5, 5.41) is 5.44. The number of hydrogen-bond acceptors (Lipinski definition) is 3. The molecular weight excluding hydrogens is 326 g/mol. The van der Waals surface area contributed by atoms with Crippen LogP contribution in [0.15, 0.2) is 35.7 Å². The highest BCUT2D eigenvalue weighted by Gasteiger charge is 2.13. The lowest BCUT2D eigenvalue weighted by atomic mass is 9.92. The Kier molecular flexibility index (Phi) is 7.41. The molecule has 1 atom stereocenters. The Bertz CT molecular complexity index is 585. The molecule has 4 heteroatoms. The number of halogens is 1. The van der Waals surface area contributed by atoms with Gasteiger partial charge in [0.25, 0.3) is 0 Å². The smallest absolute Gasteiger partial charge is 0.119 e. The van der Waals surface area contributed by atoms with E-state index in [0.29, 0.717) is 5.92 Å². The lowest BCUT2D eigenvalue weighted by Crippen LogP contribution is -2.26. The van der Waals surface area contributed by atoms with E-state index in [1.54, 1.807) is 0 Å². The molecule has 0 aliphatic heterocycles. The van der Waals surface area contributed by atoms with Crippen LogP contribution in [0.1, 0.15) is 28.8 Å². The van der Waals surface area contributed by atoms with Crippen LogP contribution in [-0.2, 0) is 19.3 Å². The van der Waals surface area contributed by atoms with Gasteiger partial charge in [-0.3, -0.25) is 0 Å². The van der Waals surface area contributed by atoms with E-state index in [1.807, 2.05) is 18.4 Å². The molecule has 3 rings (SSSR count). The van der Waals surface area contributed by atoms with Crippen LogP contribution >= 0.6 is 23.7 Å². The number of thiophene rings is 1. The minimum Gasteiger partial charge on any atom is -0.493 e. The number of ether oxygens (including phenoxy) is 1. The average molecular weight is 352 g/mol. The van der Waals surface area contributed by atoms with E-state index in [1.165, 1.54) is 41.7 Å². The molecule has 0 saturated carbocycles. The quantitative estimate of drug-likeness (QED) is 0.792. The van der Waals surface area contributed by atoms with Gasteiger partial charge < -0.3 is 10.1 Å². The predicted octanol–water partition coefficient (Wildman–Crippen LogP) is 4.51. The Balaban J connectivity index is 0.00000192. The predicted molar refractivity (Wildman–Crippen MR) is 101 cm³/mol. The van der Waals surface area contributed by atoms with E-state index in [2.05, 4.69) is 41.0 Å². The highest BCUT2D eigenvalue weighted by atomic mass is 35.5. The van der Waals surface area contributed by atoms with Crippen molar-refractivity contribution in [1.29, 1.82) is 0 Å². The molecule has 0 amide bonds. The summed E-state index contributed by atoms with van der Waals surface area (Å²) < 4.78 is 6.10. The number of aryl methyl sites for hydroxylation is 2. The number of rotatable bonds is 7. The van der Waals surface area contributed by atoms with Gasteiger partial charge in [0.2, 0.25) is 0 Å². The zero-order valence-corrected chi connectivity index (χ0v) is 15.3. The molecule has 0 spiro atoms. The lowest BCUT2D eigenvalue weighted by Gasteiger charge is -2.19. The SMILES string of the molecule is CNCC(COc1ccc2c(c1)CCCC2)Cc1cccs1.Cl. The zero-order valence-electron chi connectivity index (χ0n) is 13.7. The van der Waals surface area contributed by atoms with Gasteiger partial charge in [0.1, 0.15) is 5.75 Å². The highest BCUT2D eigenvalue weighted by Crippen LogP contribution is 2.26. The van der Waals surface area contributed by atoms with E-state index >= 15 is 0 Å². The summed E-state index contributed by atoms with van der Waals surface area (Å²) in [4.78, 5) is 1.44. The van der Waals surface area contributed by atoms with Crippen molar-refractivity contribution >= 4 is 23.7 Å². The van der Waals surface area contributed by atoms with E-state index in [4.69, 9.17) is 4.74 Å². The number of benzene rings is 1. The van der Waals surface area contributed by atoms with Crippen LogP contribution in [0.5, 0.6) is 5.75 Å². The lowest BCUT2D eigenvalue weighted by molar-refractivity contribution is 0.246. The van der Waals surface area contributed by atoms with Gasteiger partial charge in [0, 0.05) is 17.3 Å². The fraction of sp³-hybridized carbons (Fsp3) is 0.474. The van der Waals surface area contributed by atoms with Crippen molar-refractivity contribution in [3.8, 4) is 5.75 Å². The minimum atomic E-state index is 0. The highest BCUT2D eigenvalue weighted by molar-refractivity contribution is 7.09. The first-order valence-corrected chi connectivity index (χ1v) is 9.14. The maximum absolute atomic E-state index is 6.10. The molecule has 126 valence electrons. The third-order valence-corrected chi connectivity index (χ3v) is 5.27. The molecule has 2 aromatic rings. The summed E-state index contributed by atoms with van der Waals surface area (Å²) in [6.07, 6.45) is 6.18. The first-order chi connectivity index (χ1) is 10.8. The van der Waals surface area contributed by atoms with Crippen LogP contribution < -0.4 is 10.1 Å². The Labute approximate surface area is 149 Å². The van der Waals surface area contributed by atoms with Crippen LogP contribution in [0, 0.1) is 5.92 Å². The van der Waals surface area contributed by atoms with E-state index < -0.39 is 0 Å². The summed E-state index contributed by atoms with van der Waals surface area (Å²) >= 11 is 1.83. The second-order valence-corrected chi connectivity index (χ2v) is 7.19. The number of nitrogens with one attached hydrogen (secondary N) is 1. The fourth-order valence-corrected chi connectivity index (χ4v) is 4.03. The standard InChI is InChI=1S/C19H25NOS.ClH/c1-20-13-15(11-19-7-4-10-22-19)14-21-18-9-8-16-5-2-3-6-17(16)12-18;/h4,7-10,12,15,20H,2-3,5-6,11,13-14H2,1H3;1H. The first-order valence-electron chi connectivity index (χ1n) is 8.26. The summed E-state index contributed by atoms with van der Waals surface area (Å²) in [5.41, 5.74) is 3.01. The molecule has 0 saturated heterocycles. The largest absolute Gasteiger partial charge is 0.493 e. The first kappa shape index (κ1) is 18.3. The molecule has 1 heterocycles. The molecule has 2 nitrogen and oxygen atoms in total. The molecule has 1 unspecified atom stereocenters. The Morgan fingerprint density at radius 3 is 2.74 bits per heavy atom. The van der Waals surface area contributed by atoms with Crippen LogP contribution in [0.3, 0.4) is 0 Å². The summed E-state index contributed by atoms with van der Waals surface area (Å²) in [6, 6.07) is 11.0. The molecule has 1 aromatic carbocycles. The molecule has 1 aliphatic rings. The van der Waals surface area contributed by atoms with E-state index in [-0.39, 0.29) is 12.4 Å². The van der Waals surface area contributed by atoms with Gasteiger partial charge >= 0.3 is 0 Å². The Hall–Kier alpha value is -1.03. The van der Waals surface area contributed by atoms with Crippen molar-refractivity contribution in [2.75, 3.05) is 20.2 Å². The van der Waals surface area contributed by atoms with Gasteiger partial charge in [-0.1, -0.05) is 12.1 Å². The van der Waals surface area contributed by atoms with Gasteiger partial charge in [-0.15, -0.1) is 23.7 Å². The van der Waals surface area contributed by atoms with Crippen molar-refractivity contribution in [2.45, 2.75) is 32.1 Å². The van der Waals surface area contributed by atoms with Gasteiger partial charge in [0.05, 0.1) is 6.61 Å². The van der Waals surface area contributed by atoms with Crippen molar-refractivity contribution in [3.05, 3.63) is 51.7 Å². The van der Waals surface area contributed by atoms with E-state index in [0.717, 1.165) is 25.3 Å². The summed E-state index contributed by atoms with van der Waals surface area (Å²) in [5.74, 6) is 1.55. The third-order valence-electron chi connectivity index (χ3n) is 4.37. The topological polar surface area (TPSA) is 21.3 Å². The third kappa shape index (κ3) is 5.23. The van der Waals surface area contributed by atoms with Crippen LogP contribution in [0.25, 0.3) is 0 Å². The van der Waals surface area contributed by atoms with Crippen LogP contribution in [-0.4, -0.2) is 20.2 Å². The fourth-order valence-electron chi connectivity index (χ4n) is 3.21. The van der Waals surface area contributed by atoms with Crippen LogP contribution in [0.4, 0.5) is 0 Å². The molecule has 0 bridgehead atoms. The molecular formula is C19H26ClNOS. The maximum atomic E-state index is 6.10. The van der Waals surface area contributed by atoms with Gasteiger partial charge in [-0.25, -0.2) is 0 Å². The molecule has 1 aromatic heterocycles. The minimum absolute atomic E-state index is 0. The maximum Gasteiger partial charge on any atom is 0.119 e. The van der Waals surface area contributed by atoms with Crippen molar-refractivity contribution < 1.29 is 4.74 Å². The van der Waals surface area contributed by atoms with E-state index in [9.17, 15) is 0 Å². The van der Waals surface area contributed by atoms with Gasteiger partial charge in [-0.05, 0) is 73.9 Å². The van der Waals surface area contributed by atoms with Crippen LogP contribution in [0.2, 0.25) is 0 Å². The Morgan fingerprint density at radius 2 is 2.00 bits per heavy atom. The molecule has 1 N–H and O–H groups in total. The number of fused-ring (bicyclic) bond motifs is 1. The van der Waals surface area contributed by atoms with Gasteiger partial charge in [0.15, 0.2) is 0 Å². The Morgan fingerprint density at radius 1 is 1.17 bits per heavy atom. The summed E-state index contributed by atoms with van der Waals surface area (Å²) in [6.45, 7) is 1.76. The second-order valence-electron chi connectivity index (χ2n) is 6.16.